The predicted octanol–water partition coefficient (Wildman–Crippen LogP) is 5.17. The lowest BCUT2D eigenvalue weighted by molar-refractivity contribution is 0.628. The average Bonchev–Trinajstić information content (AvgIpc) is 2.51. The zero-order valence-corrected chi connectivity index (χ0v) is 13.9. The van der Waals surface area contributed by atoms with Crippen molar-refractivity contribution in [2.24, 2.45) is 0 Å². The number of aryl methyl sites for hydroxylation is 1. The SMILES string of the molecule is Cc1cc(Br)ccc1Nc1ccnc(Nc2cccc(F)c2)n1. The number of aromatic nitrogens is 2. The molecule has 0 radical (unpaired) electrons. The van der Waals surface area contributed by atoms with Crippen molar-refractivity contribution in [3.8, 4) is 0 Å². The van der Waals surface area contributed by atoms with Crippen molar-refractivity contribution in [3.63, 3.8) is 0 Å². The second-order valence-electron chi connectivity index (χ2n) is 4.99. The fraction of sp³-hybridized carbons (Fsp3) is 0.0588. The Labute approximate surface area is 141 Å². The molecule has 0 fully saturated rings. The van der Waals surface area contributed by atoms with Crippen molar-refractivity contribution >= 4 is 39.1 Å². The molecule has 6 heteroatoms. The zero-order chi connectivity index (χ0) is 16.2. The Morgan fingerprint density at radius 2 is 1.91 bits per heavy atom. The lowest BCUT2D eigenvalue weighted by Crippen LogP contribution is -2.01. The lowest BCUT2D eigenvalue weighted by atomic mass is 10.2. The highest BCUT2D eigenvalue weighted by Crippen LogP contribution is 2.23. The monoisotopic (exact) mass is 372 g/mol. The third kappa shape index (κ3) is 4.04. The Kier molecular flexibility index (Phi) is 4.52. The maximum atomic E-state index is 13.2. The van der Waals surface area contributed by atoms with Crippen LogP contribution in [0.1, 0.15) is 5.56 Å². The van der Waals surface area contributed by atoms with Crippen LogP contribution in [-0.4, -0.2) is 9.97 Å². The van der Waals surface area contributed by atoms with Gasteiger partial charge in [0.2, 0.25) is 5.95 Å². The molecule has 1 aromatic heterocycles. The number of halogens is 2. The summed E-state index contributed by atoms with van der Waals surface area (Å²) in [6.45, 7) is 2.01. The van der Waals surface area contributed by atoms with Crippen LogP contribution < -0.4 is 10.6 Å². The van der Waals surface area contributed by atoms with Gasteiger partial charge < -0.3 is 10.6 Å². The first-order valence-electron chi connectivity index (χ1n) is 6.99. The summed E-state index contributed by atoms with van der Waals surface area (Å²) < 4.78 is 14.2. The van der Waals surface area contributed by atoms with Crippen molar-refractivity contribution in [1.82, 2.24) is 9.97 Å². The van der Waals surface area contributed by atoms with E-state index in [1.165, 1.54) is 12.1 Å². The molecule has 2 N–H and O–H groups in total. The Morgan fingerprint density at radius 3 is 2.70 bits per heavy atom. The van der Waals surface area contributed by atoms with Gasteiger partial charge in [-0.15, -0.1) is 0 Å². The van der Waals surface area contributed by atoms with E-state index in [4.69, 9.17) is 0 Å². The second kappa shape index (κ2) is 6.75. The van der Waals surface area contributed by atoms with Crippen LogP contribution in [-0.2, 0) is 0 Å². The highest BCUT2D eigenvalue weighted by molar-refractivity contribution is 9.10. The molecular weight excluding hydrogens is 359 g/mol. The van der Waals surface area contributed by atoms with Crippen molar-refractivity contribution in [2.45, 2.75) is 6.92 Å². The molecule has 23 heavy (non-hydrogen) atoms. The van der Waals surface area contributed by atoms with E-state index in [0.29, 0.717) is 17.5 Å². The van der Waals surface area contributed by atoms with Gasteiger partial charge in [-0.3, -0.25) is 0 Å². The van der Waals surface area contributed by atoms with Crippen LogP contribution in [0, 0.1) is 12.7 Å². The van der Waals surface area contributed by atoms with Gasteiger partial charge in [0.05, 0.1) is 0 Å². The fourth-order valence-corrected chi connectivity index (χ4v) is 2.56. The number of rotatable bonds is 4. The summed E-state index contributed by atoms with van der Waals surface area (Å²) in [7, 11) is 0. The summed E-state index contributed by atoms with van der Waals surface area (Å²) in [5, 5.41) is 6.24. The van der Waals surface area contributed by atoms with E-state index in [1.807, 2.05) is 25.1 Å². The molecule has 4 nitrogen and oxygen atoms in total. The maximum absolute atomic E-state index is 13.2. The van der Waals surface area contributed by atoms with E-state index in [9.17, 15) is 4.39 Å². The molecule has 0 bridgehead atoms. The molecule has 0 aliphatic heterocycles. The van der Waals surface area contributed by atoms with Crippen LogP contribution in [0.5, 0.6) is 0 Å². The standard InChI is InChI=1S/C17H14BrFN4/c1-11-9-12(18)5-6-15(11)22-16-7-8-20-17(23-16)21-14-4-2-3-13(19)10-14/h2-10H,1H3,(H2,20,21,22,23). The first-order valence-corrected chi connectivity index (χ1v) is 7.78. The summed E-state index contributed by atoms with van der Waals surface area (Å²) >= 11 is 3.44. The van der Waals surface area contributed by atoms with Crippen LogP contribution in [0.2, 0.25) is 0 Å². The van der Waals surface area contributed by atoms with Gasteiger partial charge in [0.15, 0.2) is 0 Å². The van der Waals surface area contributed by atoms with E-state index in [0.717, 1.165) is 15.7 Å². The Bertz CT molecular complexity index is 838. The van der Waals surface area contributed by atoms with Crippen molar-refractivity contribution in [3.05, 3.63) is 70.6 Å². The topological polar surface area (TPSA) is 49.8 Å². The molecule has 0 aliphatic carbocycles. The van der Waals surface area contributed by atoms with Crippen LogP contribution in [0.3, 0.4) is 0 Å². The molecule has 0 amide bonds. The van der Waals surface area contributed by atoms with Gasteiger partial charge in [0, 0.05) is 22.0 Å². The molecule has 116 valence electrons. The van der Waals surface area contributed by atoms with Gasteiger partial charge in [0.1, 0.15) is 11.6 Å². The number of nitrogens with one attached hydrogen (secondary N) is 2. The third-order valence-electron chi connectivity index (χ3n) is 3.19. The van der Waals surface area contributed by atoms with Gasteiger partial charge in [-0.1, -0.05) is 22.0 Å². The Balaban J connectivity index is 1.79. The van der Waals surface area contributed by atoms with Crippen LogP contribution in [0.15, 0.2) is 59.2 Å². The van der Waals surface area contributed by atoms with Crippen molar-refractivity contribution in [2.75, 3.05) is 10.6 Å². The van der Waals surface area contributed by atoms with Crippen LogP contribution in [0.25, 0.3) is 0 Å². The van der Waals surface area contributed by atoms with E-state index in [2.05, 4.69) is 36.5 Å². The summed E-state index contributed by atoms with van der Waals surface area (Å²) in [5.41, 5.74) is 2.66. The van der Waals surface area contributed by atoms with Crippen LogP contribution in [0.4, 0.5) is 27.5 Å². The highest BCUT2D eigenvalue weighted by Gasteiger charge is 2.04. The number of anilines is 4. The molecule has 3 aromatic rings. The molecule has 1 heterocycles. The third-order valence-corrected chi connectivity index (χ3v) is 3.68. The Hall–Kier alpha value is -2.47. The highest BCUT2D eigenvalue weighted by atomic mass is 79.9. The summed E-state index contributed by atoms with van der Waals surface area (Å²) in [6, 6.07) is 13.9. The van der Waals surface area contributed by atoms with E-state index in [1.54, 1.807) is 24.4 Å². The summed E-state index contributed by atoms with van der Waals surface area (Å²) in [6.07, 6.45) is 1.64. The number of hydrogen-bond acceptors (Lipinski definition) is 4. The first kappa shape index (κ1) is 15.4. The van der Waals surface area contributed by atoms with Crippen molar-refractivity contribution < 1.29 is 4.39 Å². The number of hydrogen-bond donors (Lipinski definition) is 2. The van der Waals surface area contributed by atoms with Gasteiger partial charge >= 0.3 is 0 Å². The second-order valence-corrected chi connectivity index (χ2v) is 5.90. The van der Waals surface area contributed by atoms with Crippen molar-refractivity contribution in [1.29, 1.82) is 0 Å². The minimum Gasteiger partial charge on any atom is -0.340 e. The molecule has 0 saturated carbocycles. The quantitative estimate of drug-likeness (QED) is 0.662. The largest absolute Gasteiger partial charge is 0.340 e. The average molecular weight is 373 g/mol. The van der Waals surface area contributed by atoms with E-state index in [-0.39, 0.29) is 5.82 Å². The van der Waals surface area contributed by atoms with Gasteiger partial charge in [-0.2, -0.15) is 4.98 Å². The first-order chi connectivity index (χ1) is 11.1. The van der Waals surface area contributed by atoms with E-state index < -0.39 is 0 Å². The molecule has 0 aliphatic rings. The molecule has 0 saturated heterocycles. The molecule has 0 spiro atoms. The molecular formula is C17H14BrFN4. The predicted molar refractivity (Wildman–Crippen MR) is 93.9 cm³/mol. The van der Waals surface area contributed by atoms with Crippen LogP contribution >= 0.6 is 15.9 Å². The number of benzene rings is 2. The normalized spacial score (nSPS) is 10.4. The number of nitrogens with zero attached hydrogens (tertiary/aromatic N) is 2. The smallest absolute Gasteiger partial charge is 0.229 e. The van der Waals surface area contributed by atoms with Gasteiger partial charge in [0.25, 0.3) is 0 Å². The maximum Gasteiger partial charge on any atom is 0.229 e. The molecule has 0 unspecified atom stereocenters. The molecule has 0 atom stereocenters. The van der Waals surface area contributed by atoms with E-state index >= 15 is 0 Å². The minimum absolute atomic E-state index is 0.310. The lowest BCUT2D eigenvalue weighted by Gasteiger charge is -2.10. The van der Waals surface area contributed by atoms with Gasteiger partial charge in [-0.05, 0) is 55.0 Å². The minimum atomic E-state index is -0.310. The summed E-state index contributed by atoms with van der Waals surface area (Å²) in [5.74, 6) is 0.745. The molecule has 2 aromatic carbocycles. The zero-order valence-electron chi connectivity index (χ0n) is 12.3. The van der Waals surface area contributed by atoms with Gasteiger partial charge in [-0.25, -0.2) is 9.37 Å². The Morgan fingerprint density at radius 1 is 1.04 bits per heavy atom. The molecule has 3 rings (SSSR count). The summed E-state index contributed by atoms with van der Waals surface area (Å²) in [4.78, 5) is 8.54. The fourth-order valence-electron chi connectivity index (χ4n) is 2.09.